The molecule has 3 heteroatoms. The second-order valence-electron chi connectivity index (χ2n) is 3.89. The van der Waals surface area contributed by atoms with Crippen molar-refractivity contribution in [2.24, 2.45) is 4.99 Å². The van der Waals surface area contributed by atoms with Crippen molar-refractivity contribution in [2.45, 2.75) is 59.4 Å². The fraction of sp³-hybridized carbons (Fsp3) is 0.714. The number of carbonyl (C=O) groups excluding carboxylic acids is 1. The molecule has 1 atom stereocenters. The van der Waals surface area contributed by atoms with E-state index in [0.717, 1.165) is 25.0 Å². The first-order valence-corrected chi connectivity index (χ1v) is 6.29. The van der Waals surface area contributed by atoms with E-state index in [4.69, 9.17) is 4.74 Å². The van der Waals surface area contributed by atoms with Crippen molar-refractivity contribution in [2.75, 3.05) is 6.61 Å². The number of nitrogens with zero attached hydrogens (tertiary/aromatic N) is 1. The molecule has 0 aliphatic heterocycles. The Balaban J connectivity index is 4.18. The summed E-state index contributed by atoms with van der Waals surface area (Å²) in [4.78, 5) is 15.7. The summed E-state index contributed by atoms with van der Waals surface area (Å²) in [5, 5.41) is 0. The van der Waals surface area contributed by atoms with Gasteiger partial charge in [0.05, 0.1) is 12.3 Å². The van der Waals surface area contributed by atoms with E-state index < -0.39 is 0 Å². The minimum absolute atomic E-state index is 0.127. The summed E-state index contributed by atoms with van der Waals surface area (Å²) in [7, 11) is 0. The Morgan fingerprint density at radius 1 is 1.35 bits per heavy atom. The van der Waals surface area contributed by atoms with Gasteiger partial charge in [-0.3, -0.25) is 9.79 Å². The number of aliphatic imine (C=N–C) groups is 1. The molecule has 0 bridgehead atoms. The van der Waals surface area contributed by atoms with Gasteiger partial charge in [0.2, 0.25) is 0 Å². The van der Waals surface area contributed by atoms with Crippen LogP contribution in [0.3, 0.4) is 0 Å². The molecule has 0 fully saturated rings. The molecule has 0 heterocycles. The summed E-state index contributed by atoms with van der Waals surface area (Å²) >= 11 is 0. The van der Waals surface area contributed by atoms with Crippen molar-refractivity contribution in [3.8, 4) is 11.8 Å². The minimum atomic E-state index is -0.145. The second kappa shape index (κ2) is 9.89. The topological polar surface area (TPSA) is 38.7 Å². The van der Waals surface area contributed by atoms with Crippen molar-refractivity contribution in [3.05, 3.63) is 0 Å². The van der Waals surface area contributed by atoms with Crippen LogP contribution in [0.25, 0.3) is 0 Å². The Labute approximate surface area is 105 Å². The van der Waals surface area contributed by atoms with Crippen LogP contribution in [0.1, 0.15) is 53.4 Å². The van der Waals surface area contributed by atoms with Crippen LogP contribution in [0, 0.1) is 11.8 Å². The maximum Gasteiger partial charge on any atom is 0.305 e. The summed E-state index contributed by atoms with van der Waals surface area (Å²) in [6, 6.07) is 0.127. The highest BCUT2D eigenvalue weighted by molar-refractivity contribution is 6.00. The lowest BCUT2D eigenvalue weighted by molar-refractivity contribution is -0.143. The smallest absolute Gasteiger partial charge is 0.305 e. The zero-order chi connectivity index (χ0) is 13.1. The molecule has 0 amide bonds. The van der Waals surface area contributed by atoms with Gasteiger partial charge >= 0.3 is 5.97 Å². The number of rotatable bonds is 7. The molecule has 17 heavy (non-hydrogen) atoms. The Kier molecular flexibility index (Phi) is 9.14. The highest BCUT2D eigenvalue weighted by atomic mass is 16.5. The normalized spacial score (nSPS) is 12.6. The molecular formula is C14H23NO2. The maximum absolute atomic E-state index is 11.2. The van der Waals surface area contributed by atoms with Gasteiger partial charge in [-0.2, -0.15) is 0 Å². The molecule has 1 unspecified atom stereocenters. The second-order valence-corrected chi connectivity index (χ2v) is 3.89. The van der Waals surface area contributed by atoms with E-state index in [9.17, 15) is 4.79 Å². The molecule has 0 aromatic carbocycles. The number of ether oxygens (including phenoxy) is 1. The van der Waals surface area contributed by atoms with E-state index in [-0.39, 0.29) is 12.0 Å². The van der Waals surface area contributed by atoms with Crippen LogP contribution in [0.4, 0.5) is 0 Å². The largest absolute Gasteiger partial charge is 0.466 e. The van der Waals surface area contributed by atoms with Gasteiger partial charge in [-0.05, 0) is 40.0 Å². The minimum Gasteiger partial charge on any atom is -0.466 e. The molecule has 0 aromatic rings. The molecule has 0 aliphatic rings. The van der Waals surface area contributed by atoms with Crippen LogP contribution < -0.4 is 0 Å². The van der Waals surface area contributed by atoms with Crippen LogP contribution in [0.5, 0.6) is 0 Å². The Morgan fingerprint density at radius 3 is 2.59 bits per heavy atom. The lowest BCUT2D eigenvalue weighted by atomic mass is 10.1. The molecule has 0 N–H and O–H groups in total. The van der Waals surface area contributed by atoms with Crippen molar-refractivity contribution in [1.82, 2.24) is 0 Å². The molecule has 0 rings (SSSR count). The monoisotopic (exact) mass is 237 g/mol. The lowest BCUT2D eigenvalue weighted by Crippen LogP contribution is -2.09. The average Bonchev–Trinajstić information content (AvgIpc) is 2.27. The number of esters is 1. The van der Waals surface area contributed by atoms with E-state index in [1.807, 2.05) is 20.8 Å². The summed E-state index contributed by atoms with van der Waals surface area (Å²) in [6.07, 6.45) is 3.09. The van der Waals surface area contributed by atoms with Gasteiger partial charge < -0.3 is 4.74 Å². The third-order valence-electron chi connectivity index (χ3n) is 2.20. The van der Waals surface area contributed by atoms with Gasteiger partial charge in [-0.1, -0.05) is 12.8 Å². The van der Waals surface area contributed by atoms with Crippen molar-refractivity contribution in [1.29, 1.82) is 0 Å². The summed E-state index contributed by atoms with van der Waals surface area (Å²) in [5.41, 5.74) is 0.936. The zero-order valence-electron chi connectivity index (χ0n) is 11.4. The van der Waals surface area contributed by atoms with Crippen molar-refractivity contribution >= 4 is 11.7 Å². The molecule has 0 aliphatic carbocycles. The van der Waals surface area contributed by atoms with Crippen LogP contribution in [-0.2, 0) is 9.53 Å². The van der Waals surface area contributed by atoms with Gasteiger partial charge in [-0.15, -0.1) is 5.92 Å². The molecule has 0 saturated heterocycles. The first-order valence-electron chi connectivity index (χ1n) is 6.29. The quantitative estimate of drug-likeness (QED) is 0.388. The molecule has 0 aromatic heterocycles. The molecule has 0 saturated carbocycles. The summed E-state index contributed by atoms with van der Waals surface area (Å²) in [5.74, 6) is 5.74. The Morgan fingerprint density at radius 2 is 2.06 bits per heavy atom. The first kappa shape index (κ1) is 15.7. The highest BCUT2D eigenvalue weighted by Crippen LogP contribution is 2.05. The molecule has 0 spiro atoms. The Hall–Kier alpha value is -1.30. The standard InChI is InChI=1S/C14H23NO2/c1-5-8-13(9-6-2)15-12(4)10-11-14(16)17-7-3/h12H,5,7-8,10-11H2,1-4H3. The van der Waals surface area contributed by atoms with Crippen LogP contribution in [-0.4, -0.2) is 24.3 Å². The van der Waals surface area contributed by atoms with Gasteiger partial charge in [0, 0.05) is 12.5 Å². The van der Waals surface area contributed by atoms with E-state index in [0.29, 0.717) is 13.0 Å². The average molecular weight is 237 g/mol. The van der Waals surface area contributed by atoms with Crippen molar-refractivity contribution < 1.29 is 9.53 Å². The number of hydrogen-bond donors (Lipinski definition) is 0. The van der Waals surface area contributed by atoms with Gasteiger partial charge in [-0.25, -0.2) is 0 Å². The molecule has 3 nitrogen and oxygen atoms in total. The number of hydrogen-bond acceptors (Lipinski definition) is 3. The van der Waals surface area contributed by atoms with Gasteiger partial charge in [0.1, 0.15) is 0 Å². The molecule has 96 valence electrons. The first-order chi connectivity index (χ1) is 8.13. The predicted octanol–water partition coefficient (Wildman–Crippen LogP) is 2.98. The van der Waals surface area contributed by atoms with Crippen LogP contribution in [0.15, 0.2) is 4.99 Å². The Bertz CT molecular complexity index is 310. The third-order valence-corrected chi connectivity index (χ3v) is 2.20. The van der Waals surface area contributed by atoms with E-state index in [2.05, 4.69) is 23.8 Å². The highest BCUT2D eigenvalue weighted by Gasteiger charge is 2.06. The van der Waals surface area contributed by atoms with Gasteiger partial charge in [0.15, 0.2) is 0 Å². The maximum atomic E-state index is 11.2. The van der Waals surface area contributed by atoms with E-state index in [1.165, 1.54) is 0 Å². The fourth-order valence-corrected chi connectivity index (χ4v) is 1.43. The van der Waals surface area contributed by atoms with Crippen molar-refractivity contribution in [3.63, 3.8) is 0 Å². The van der Waals surface area contributed by atoms with Crippen LogP contribution in [0.2, 0.25) is 0 Å². The zero-order valence-corrected chi connectivity index (χ0v) is 11.4. The third kappa shape index (κ3) is 8.50. The van der Waals surface area contributed by atoms with Gasteiger partial charge in [0.25, 0.3) is 0 Å². The summed E-state index contributed by atoms with van der Waals surface area (Å²) in [6.45, 7) is 8.19. The number of carbonyl (C=O) groups is 1. The van der Waals surface area contributed by atoms with E-state index >= 15 is 0 Å². The summed E-state index contributed by atoms with van der Waals surface area (Å²) < 4.78 is 4.88. The fourth-order valence-electron chi connectivity index (χ4n) is 1.43. The van der Waals surface area contributed by atoms with E-state index in [1.54, 1.807) is 0 Å². The SMILES string of the molecule is CC#CC(CCC)=NC(C)CCC(=O)OCC. The van der Waals surface area contributed by atoms with Crippen LogP contribution >= 0.6 is 0 Å². The molecular weight excluding hydrogens is 214 g/mol. The predicted molar refractivity (Wildman–Crippen MR) is 71.1 cm³/mol. The lowest BCUT2D eigenvalue weighted by Gasteiger charge is -2.07. The molecule has 0 radical (unpaired) electrons.